The van der Waals surface area contributed by atoms with Crippen molar-refractivity contribution in [1.29, 1.82) is 0 Å². The van der Waals surface area contributed by atoms with Crippen LogP contribution in [0.15, 0.2) is 0 Å². The largest absolute Gasteiger partial charge is 0.391 e. The Labute approximate surface area is 54.3 Å². The molecule has 1 aliphatic heterocycles. The number of likely N-dealkylation sites (tertiary alicyclic amines) is 1. The number of hydrogen-bond acceptors (Lipinski definition) is 2. The maximum atomic E-state index is 10.2. The lowest BCUT2D eigenvalue weighted by atomic mass is 10.2. The Hall–Kier alpha value is -0.570. The molecule has 0 aromatic rings. The summed E-state index contributed by atoms with van der Waals surface area (Å²) in [7, 11) is 0. The third-order valence-corrected chi connectivity index (χ3v) is 1.74. The van der Waals surface area contributed by atoms with E-state index in [0.29, 0.717) is 6.54 Å². The van der Waals surface area contributed by atoms with Gasteiger partial charge in [-0.15, -0.1) is 0 Å². The Morgan fingerprint density at radius 1 is 1.78 bits per heavy atom. The molecule has 1 saturated heterocycles. The fourth-order valence-corrected chi connectivity index (χ4v) is 1.17. The van der Waals surface area contributed by atoms with Crippen LogP contribution in [0.2, 0.25) is 0 Å². The van der Waals surface area contributed by atoms with Crippen LogP contribution in [0.5, 0.6) is 0 Å². The van der Waals surface area contributed by atoms with Crippen LogP contribution in [-0.4, -0.2) is 35.1 Å². The summed E-state index contributed by atoms with van der Waals surface area (Å²) in [4.78, 5) is 11.8. The molecule has 0 aromatic carbocycles. The Morgan fingerprint density at radius 3 is 2.67 bits per heavy atom. The van der Waals surface area contributed by atoms with E-state index in [9.17, 15) is 4.79 Å². The average Bonchev–Trinajstić information content (AvgIpc) is 2.10. The Kier molecular flexibility index (Phi) is 1.71. The van der Waals surface area contributed by atoms with E-state index in [-0.39, 0.29) is 12.1 Å². The molecule has 9 heavy (non-hydrogen) atoms. The monoisotopic (exact) mass is 129 g/mol. The van der Waals surface area contributed by atoms with Gasteiger partial charge in [0.2, 0.25) is 6.41 Å². The molecule has 2 atom stereocenters. The minimum Gasteiger partial charge on any atom is -0.391 e. The standard InChI is InChI=1S/C6H11NO2/c1-5-2-6(9)3-7(5)4-8/h4-6,9H,2-3H2,1H3/t5-,6-/m1/s1. The lowest BCUT2D eigenvalue weighted by Crippen LogP contribution is -2.25. The van der Waals surface area contributed by atoms with Gasteiger partial charge < -0.3 is 10.0 Å². The molecule has 0 radical (unpaired) electrons. The molecule has 0 aliphatic carbocycles. The molecule has 0 bridgehead atoms. The molecule has 1 amide bonds. The number of rotatable bonds is 1. The van der Waals surface area contributed by atoms with E-state index in [1.165, 1.54) is 0 Å². The summed E-state index contributed by atoms with van der Waals surface area (Å²) in [5.41, 5.74) is 0. The van der Waals surface area contributed by atoms with Crippen LogP contribution in [-0.2, 0) is 4.79 Å². The number of carbonyl (C=O) groups is 1. The molecule has 1 N–H and O–H groups in total. The second kappa shape index (κ2) is 2.35. The molecule has 0 unspecified atom stereocenters. The van der Waals surface area contributed by atoms with Crippen LogP contribution in [0.4, 0.5) is 0 Å². The first kappa shape index (κ1) is 6.55. The van der Waals surface area contributed by atoms with Gasteiger partial charge in [0.05, 0.1) is 6.10 Å². The van der Waals surface area contributed by atoms with Crippen LogP contribution in [0, 0.1) is 0 Å². The topological polar surface area (TPSA) is 40.5 Å². The summed E-state index contributed by atoms with van der Waals surface area (Å²) in [6.45, 7) is 2.44. The van der Waals surface area contributed by atoms with Gasteiger partial charge in [0.15, 0.2) is 0 Å². The lowest BCUT2D eigenvalue weighted by molar-refractivity contribution is -0.118. The van der Waals surface area contributed by atoms with Crippen molar-refractivity contribution in [1.82, 2.24) is 4.90 Å². The summed E-state index contributed by atoms with van der Waals surface area (Å²) in [5, 5.41) is 9.00. The highest BCUT2D eigenvalue weighted by Crippen LogP contribution is 2.14. The molecule has 1 heterocycles. The normalized spacial score (nSPS) is 35.1. The molecular weight excluding hydrogens is 118 g/mol. The summed E-state index contributed by atoms with van der Waals surface area (Å²) >= 11 is 0. The van der Waals surface area contributed by atoms with Crippen molar-refractivity contribution in [3.05, 3.63) is 0 Å². The van der Waals surface area contributed by atoms with Gasteiger partial charge in [0.1, 0.15) is 0 Å². The number of β-amino-alcohol motifs (C(OH)–C–C–N with tert-alkyl or cyclic N) is 1. The molecule has 0 saturated carbocycles. The molecule has 52 valence electrons. The van der Waals surface area contributed by atoms with E-state index in [0.717, 1.165) is 12.8 Å². The predicted octanol–water partition coefficient (Wildman–Crippen LogP) is -0.402. The minimum absolute atomic E-state index is 0.220. The highest BCUT2D eigenvalue weighted by Gasteiger charge is 2.25. The Balaban J connectivity index is 2.47. The maximum absolute atomic E-state index is 10.2. The van der Waals surface area contributed by atoms with Crippen LogP contribution in [0.1, 0.15) is 13.3 Å². The SMILES string of the molecule is C[C@@H]1C[C@@H](O)CN1C=O. The van der Waals surface area contributed by atoms with E-state index in [1.807, 2.05) is 6.92 Å². The number of hydrogen-bond donors (Lipinski definition) is 1. The Morgan fingerprint density at radius 2 is 2.44 bits per heavy atom. The van der Waals surface area contributed by atoms with Gasteiger partial charge in [-0.2, -0.15) is 0 Å². The average molecular weight is 129 g/mol. The first-order valence-electron chi connectivity index (χ1n) is 3.13. The zero-order chi connectivity index (χ0) is 6.85. The van der Waals surface area contributed by atoms with E-state index in [4.69, 9.17) is 5.11 Å². The fourth-order valence-electron chi connectivity index (χ4n) is 1.17. The first-order valence-corrected chi connectivity index (χ1v) is 3.13. The van der Waals surface area contributed by atoms with Gasteiger partial charge in [0.25, 0.3) is 0 Å². The molecule has 1 fully saturated rings. The predicted molar refractivity (Wildman–Crippen MR) is 32.9 cm³/mol. The van der Waals surface area contributed by atoms with E-state index in [2.05, 4.69) is 0 Å². The summed E-state index contributed by atoms with van der Waals surface area (Å²) in [6.07, 6.45) is 1.21. The van der Waals surface area contributed by atoms with Gasteiger partial charge >= 0.3 is 0 Å². The van der Waals surface area contributed by atoms with Crippen LogP contribution >= 0.6 is 0 Å². The molecule has 3 heteroatoms. The van der Waals surface area contributed by atoms with Crippen molar-refractivity contribution in [3.63, 3.8) is 0 Å². The molecule has 0 spiro atoms. The molecule has 0 aromatic heterocycles. The zero-order valence-corrected chi connectivity index (χ0v) is 5.45. The first-order chi connectivity index (χ1) is 4.24. The highest BCUT2D eigenvalue weighted by atomic mass is 16.3. The third kappa shape index (κ3) is 1.21. The molecule has 1 rings (SSSR count). The maximum Gasteiger partial charge on any atom is 0.210 e. The third-order valence-electron chi connectivity index (χ3n) is 1.74. The van der Waals surface area contributed by atoms with Gasteiger partial charge in [0, 0.05) is 12.6 Å². The van der Waals surface area contributed by atoms with Crippen LogP contribution in [0.25, 0.3) is 0 Å². The van der Waals surface area contributed by atoms with Gasteiger partial charge in [-0.1, -0.05) is 0 Å². The quantitative estimate of drug-likeness (QED) is 0.489. The Bertz CT molecular complexity index is 116. The molecular formula is C6H11NO2. The van der Waals surface area contributed by atoms with Crippen molar-refractivity contribution in [2.45, 2.75) is 25.5 Å². The number of aliphatic hydroxyl groups excluding tert-OH is 1. The van der Waals surface area contributed by atoms with E-state index >= 15 is 0 Å². The number of amides is 1. The minimum atomic E-state index is -0.301. The summed E-state index contributed by atoms with van der Waals surface area (Å²) in [5.74, 6) is 0. The molecule has 3 nitrogen and oxygen atoms in total. The van der Waals surface area contributed by atoms with Crippen molar-refractivity contribution in [2.75, 3.05) is 6.54 Å². The number of aliphatic hydroxyl groups is 1. The van der Waals surface area contributed by atoms with E-state index in [1.54, 1.807) is 4.90 Å². The van der Waals surface area contributed by atoms with Crippen molar-refractivity contribution in [3.8, 4) is 0 Å². The van der Waals surface area contributed by atoms with Crippen LogP contribution < -0.4 is 0 Å². The fraction of sp³-hybridized carbons (Fsp3) is 0.833. The molecule has 1 aliphatic rings. The lowest BCUT2D eigenvalue weighted by Gasteiger charge is -2.12. The van der Waals surface area contributed by atoms with Crippen molar-refractivity contribution in [2.24, 2.45) is 0 Å². The van der Waals surface area contributed by atoms with Crippen molar-refractivity contribution >= 4 is 6.41 Å². The second-order valence-corrected chi connectivity index (χ2v) is 2.54. The van der Waals surface area contributed by atoms with E-state index < -0.39 is 0 Å². The highest BCUT2D eigenvalue weighted by molar-refractivity contribution is 5.48. The zero-order valence-electron chi connectivity index (χ0n) is 5.45. The number of carbonyl (C=O) groups excluding carboxylic acids is 1. The van der Waals surface area contributed by atoms with Gasteiger partial charge in [-0.05, 0) is 13.3 Å². The smallest absolute Gasteiger partial charge is 0.210 e. The van der Waals surface area contributed by atoms with Crippen LogP contribution in [0.3, 0.4) is 0 Å². The number of nitrogens with zero attached hydrogens (tertiary/aromatic N) is 1. The summed E-state index contributed by atoms with van der Waals surface area (Å²) in [6, 6.07) is 0.220. The summed E-state index contributed by atoms with van der Waals surface area (Å²) < 4.78 is 0. The van der Waals surface area contributed by atoms with Gasteiger partial charge in [-0.25, -0.2) is 0 Å². The van der Waals surface area contributed by atoms with Gasteiger partial charge in [-0.3, -0.25) is 4.79 Å². The van der Waals surface area contributed by atoms with Crippen molar-refractivity contribution < 1.29 is 9.90 Å². The second-order valence-electron chi connectivity index (χ2n) is 2.54.